The van der Waals surface area contributed by atoms with Crippen LogP contribution in [0, 0.1) is 0 Å². The van der Waals surface area contributed by atoms with Crippen LogP contribution in [-0.2, 0) is 39.1 Å². The van der Waals surface area contributed by atoms with E-state index in [2.05, 4.69) is 0 Å². The minimum absolute atomic E-state index is 0.535. The maximum Gasteiger partial charge on any atom is 0.157 e. The Hall–Kier alpha value is -0.320. The molecule has 0 saturated heterocycles. The van der Waals surface area contributed by atoms with Gasteiger partial charge in [0, 0.05) is 0 Å². The van der Waals surface area contributed by atoms with Crippen molar-refractivity contribution in [2.45, 2.75) is 157 Å². The SMILES string of the molecule is CC(C)(C)OOC(C(OOC(C)(C)C)C(C)(C)OOC(C)(C)C)C(C)(C)OOC(C)(C)C. The summed E-state index contributed by atoms with van der Waals surface area (Å²) in [6, 6.07) is 0. The van der Waals surface area contributed by atoms with Gasteiger partial charge in [-0.05, 0) is 111 Å². The van der Waals surface area contributed by atoms with E-state index >= 15 is 0 Å². The topological polar surface area (TPSA) is 73.8 Å². The van der Waals surface area contributed by atoms with Gasteiger partial charge in [-0.3, -0.25) is 0 Å². The molecule has 0 aromatic rings. The normalized spacial score (nSPS) is 16.9. The lowest BCUT2D eigenvalue weighted by atomic mass is 9.87. The van der Waals surface area contributed by atoms with Gasteiger partial charge in [0.15, 0.2) is 12.2 Å². The summed E-state index contributed by atoms with van der Waals surface area (Å²) in [5.41, 5.74) is -4.30. The largest absolute Gasteiger partial charge is 0.230 e. The molecule has 0 aromatic carbocycles. The van der Waals surface area contributed by atoms with Gasteiger partial charge >= 0.3 is 0 Å². The second kappa shape index (κ2) is 11.0. The Kier molecular flexibility index (Phi) is 10.8. The van der Waals surface area contributed by atoms with Crippen molar-refractivity contribution < 1.29 is 39.1 Å². The summed E-state index contributed by atoms with van der Waals surface area (Å²) in [5, 5.41) is 0. The molecule has 0 radical (unpaired) electrons. The second-order valence-electron chi connectivity index (χ2n) is 13.2. The molecule has 0 saturated carbocycles. The highest BCUT2D eigenvalue weighted by Gasteiger charge is 2.51. The molecule has 0 fully saturated rings. The molecule has 0 N–H and O–H groups in total. The molecule has 0 rings (SSSR count). The quantitative estimate of drug-likeness (QED) is 0.261. The molecule has 32 heavy (non-hydrogen) atoms. The van der Waals surface area contributed by atoms with Crippen LogP contribution in [0.1, 0.15) is 111 Å². The minimum Gasteiger partial charge on any atom is -0.230 e. The summed E-state index contributed by atoms with van der Waals surface area (Å²) in [4.78, 5) is 46.2. The number of hydrogen-bond acceptors (Lipinski definition) is 8. The third kappa shape index (κ3) is 14.1. The monoisotopic (exact) mass is 466 g/mol. The molecule has 0 aliphatic carbocycles. The summed E-state index contributed by atoms with van der Waals surface area (Å²) in [6.45, 7) is 30.0. The van der Waals surface area contributed by atoms with Gasteiger partial charge < -0.3 is 0 Å². The van der Waals surface area contributed by atoms with Crippen LogP contribution in [0.15, 0.2) is 0 Å². The lowest BCUT2D eigenvalue weighted by Gasteiger charge is -2.44. The lowest BCUT2D eigenvalue weighted by molar-refractivity contribution is -0.506. The summed E-state index contributed by atoms with van der Waals surface area (Å²) in [6.07, 6.45) is -1.69. The first-order valence-electron chi connectivity index (χ1n) is 11.3. The zero-order chi connectivity index (χ0) is 25.8. The fourth-order valence-corrected chi connectivity index (χ4v) is 2.01. The fraction of sp³-hybridized carbons (Fsp3) is 1.00. The molecule has 2 unspecified atom stereocenters. The van der Waals surface area contributed by atoms with E-state index in [1.165, 1.54) is 0 Å². The highest BCUT2D eigenvalue weighted by atomic mass is 17.3. The summed E-state index contributed by atoms with van der Waals surface area (Å²) < 4.78 is 0. The molecule has 0 bridgehead atoms. The highest BCUT2D eigenvalue weighted by molar-refractivity contribution is 4.94. The Labute approximate surface area is 196 Å². The van der Waals surface area contributed by atoms with Crippen molar-refractivity contribution in [1.82, 2.24) is 0 Å². The van der Waals surface area contributed by atoms with E-state index < -0.39 is 45.8 Å². The molecule has 0 spiro atoms. The maximum atomic E-state index is 5.94. The second-order valence-corrected chi connectivity index (χ2v) is 13.2. The van der Waals surface area contributed by atoms with Crippen LogP contribution in [0.25, 0.3) is 0 Å². The van der Waals surface area contributed by atoms with E-state index in [9.17, 15) is 0 Å². The molecule has 2 atom stereocenters. The van der Waals surface area contributed by atoms with Crippen molar-refractivity contribution in [3.63, 3.8) is 0 Å². The van der Waals surface area contributed by atoms with Crippen molar-refractivity contribution in [3.8, 4) is 0 Å². The van der Waals surface area contributed by atoms with Crippen molar-refractivity contribution in [2.24, 2.45) is 0 Å². The van der Waals surface area contributed by atoms with Crippen molar-refractivity contribution >= 4 is 0 Å². The molecular weight excluding hydrogens is 416 g/mol. The first-order chi connectivity index (χ1) is 13.8. The van der Waals surface area contributed by atoms with Gasteiger partial charge in [0.05, 0.1) is 22.4 Å². The van der Waals surface area contributed by atoms with Crippen LogP contribution >= 0.6 is 0 Å². The Morgan fingerprint density at radius 2 is 0.531 bits per heavy atom. The van der Waals surface area contributed by atoms with Gasteiger partial charge in [0.2, 0.25) is 0 Å². The highest BCUT2D eigenvalue weighted by Crippen LogP contribution is 2.35. The van der Waals surface area contributed by atoms with Crippen LogP contribution in [0.4, 0.5) is 0 Å². The molecule has 0 aliphatic heterocycles. The first-order valence-corrected chi connectivity index (χ1v) is 11.3. The Morgan fingerprint density at radius 1 is 0.312 bits per heavy atom. The van der Waals surface area contributed by atoms with Crippen LogP contribution in [0.5, 0.6) is 0 Å². The molecule has 8 heteroatoms. The number of rotatable bonds is 11. The maximum absolute atomic E-state index is 5.94. The third-order valence-electron chi connectivity index (χ3n) is 3.46. The summed E-state index contributed by atoms with van der Waals surface area (Å²) in [7, 11) is 0. The Balaban J connectivity index is 6.15. The van der Waals surface area contributed by atoms with Crippen molar-refractivity contribution in [2.75, 3.05) is 0 Å². The fourth-order valence-electron chi connectivity index (χ4n) is 2.01. The number of hydrogen-bond donors (Lipinski definition) is 0. The van der Waals surface area contributed by atoms with Gasteiger partial charge in [-0.1, -0.05) is 0 Å². The van der Waals surface area contributed by atoms with Crippen molar-refractivity contribution in [1.29, 1.82) is 0 Å². The van der Waals surface area contributed by atoms with Gasteiger partial charge in [-0.2, -0.15) is 0 Å². The molecule has 0 aliphatic rings. The zero-order valence-electron chi connectivity index (χ0n) is 23.4. The van der Waals surface area contributed by atoms with E-state index in [-0.39, 0.29) is 0 Å². The summed E-state index contributed by atoms with van der Waals surface area (Å²) in [5.74, 6) is 0. The minimum atomic E-state index is -1.03. The van der Waals surface area contributed by atoms with Gasteiger partial charge in [-0.25, -0.2) is 39.1 Å². The molecule has 8 nitrogen and oxygen atoms in total. The van der Waals surface area contributed by atoms with Crippen LogP contribution < -0.4 is 0 Å². The molecule has 0 aromatic heterocycles. The van der Waals surface area contributed by atoms with Crippen LogP contribution in [-0.4, -0.2) is 45.8 Å². The van der Waals surface area contributed by atoms with E-state index in [1.807, 2.05) is 111 Å². The van der Waals surface area contributed by atoms with E-state index in [4.69, 9.17) is 39.1 Å². The molecule has 0 amide bonds. The first kappa shape index (κ1) is 31.7. The Morgan fingerprint density at radius 3 is 0.719 bits per heavy atom. The van der Waals surface area contributed by atoms with E-state index in [0.29, 0.717) is 0 Å². The Bertz CT molecular complexity index is 494. The average molecular weight is 467 g/mol. The molecule has 0 heterocycles. The van der Waals surface area contributed by atoms with Crippen LogP contribution in [0.2, 0.25) is 0 Å². The predicted molar refractivity (Wildman–Crippen MR) is 123 cm³/mol. The lowest BCUT2D eigenvalue weighted by Crippen LogP contribution is -2.59. The summed E-state index contributed by atoms with van der Waals surface area (Å²) >= 11 is 0. The zero-order valence-corrected chi connectivity index (χ0v) is 23.4. The smallest absolute Gasteiger partial charge is 0.157 e. The van der Waals surface area contributed by atoms with Gasteiger partial charge in [0.1, 0.15) is 11.2 Å². The van der Waals surface area contributed by atoms with Crippen molar-refractivity contribution in [3.05, 3.63) is 0 Å². The van der Waals surface area contributed by atoms with Gasteiger partial charge in [-0.15, -0.1) is 0 Å². The molecular formula is C24H50O8. The third-order valence-corrected chi connectivity index (χ3v) is 3.46. The molecule has 194 valence electrons. The van der Waals surface area contributed by atoms with Crippen LogP contribution in [0.3, 0.4) is 0 Å². The standard InChI is InChI=1S/C24H50O8/c1-19(2,3)27-25-17(23(13,14)31-29-21(7,8)9)18(26-28-20(4,5)6)24(15,16)32-30-22(10,11)12/h17-18H,1-16H3. The van der Waals surface area contributed by atoms with E-state index in [0.717, 1.165) is 0 Å². The predicted octanol–water partition coefficient (Wildman–Crippen LogP) is 6.27. The van der Waals surface area contributed by atoms with E-state index in [1.54, 1.807) is 0 Å². The van der Waals surface area contributed by atoms with Gasteiger partial charge in [0.25, 0.3) is 0 Å². The average Bonchev–Trinajstić information content (AvgIpc) is 2.50.